The van der Waals surface area contributed by atoms with Gasteiger partial charge in [-0.1, -0.05) is 33.7 Å². The van der Waals surface area contributed by atoms with Crippen LogP contribution in [0.1, 0.15) is 11.3 Å². The van der Waals surface area contributed by atoms with Crippen LogP contribution in [0.3, 0.4) is 0 Å². The van der Waals surface area contributed by atoms with Gasteiger partial charge in [-0.15, -0.1) is 0 Å². The summed E-state index contributed by atoms with van der Waals surface area (Å²) in [5.74, 6) is 2.56. The van der Waals surface area contributed by atoms with Gasteiger partial charge in [0.25, 0.3) is 0 Å². The third-order valence-electron chi connectivity index (χ3n) is 2.02. The molecule has 0 unspecified atom stereocenters. The summed E-state index contributed by atoms with van der Waals surface area (Å²) in [6, 6.07) is 10.5. The maximum Gasteiger partial charge on any atom is 0.123 e. The second kappa shape index (κ2) is 7.03. The summed E-state index contributed by atoms with van der Waals surface area (Å²) < 4.78 is 17.9. The maximum absolute atomic E-state index is 12.7. The van der Waals surface area contributed by atoms with E-state index in [9.17, 15) is 4.39 Å². The molecule has 0 saturated heterocycles. The fourth-order valence-electron chi connectivity index (χ4n) is 1.18. The molecule has 0 aliphatic rings. The molecule has 0 saturated carbocycles. The number of hydrogen-bond acceptors (Lipinski definition) is 4. The van der Waals surface area contributed by atoms with E-state index in [1.54, 1.807) is 37.7 Å². The minimum Gasteiger partial charge on any atom is -0.468 e. The molecule has 2 rings (SSSR count). The second-order valence-corrected chi connectivity index (χ2v) is 7.53. The van der Waals surface area contributed by atoms with Crippen LogP contribution in [-0.4, -0.2) is 0 Å². The Bertz CT molecular complexity index is 428. The Morgan fingerprint density at radius 2 is 1.76 bits per heavy atom. The summed E-state index contributed by atoms with van der Waals surface area (Å²) in [6.07, 6.45) is 1.69. The van der Waals surface area contributed by atoms with E-state index in [1.807, 2.05) is 24.3 Å². The van der Waals surface area contributed by atoms with Gasteiger partial charge < -0.3 is 4.42 Å². The van der Waals surface area contributed by atoms with Gasteiger partial charge in [0.2, 0.25) is 0 Å². The normalized spacial score (nSPS) is 10.6. The predicted octanol–water partition coefficient (Wildman–Crippen LogP) is 5.15. The molecule has 0 radical (unpaired) electrons. The molecule has 0 aliphatic carbocycles. The Kier molecular flexibility index (Phi) is 5.35. The number of hydrogen-bond donors (Lipinski definition) is 0. The van der Waals surface area contributed by atoms with E-state index >= 15 is 0 Å². The molecule has 1 heterocycles. The first-order chi connectivity index (χ1) is 8.34. The van der Waals surface area contributed by atoms with Crippen LogP contribution < -0.4 is 0 Å². The van der Waals surface area contributed by atoms with E-state index in [2.05, 4.69) is 0 Å². The van der Waals surface area contributed by atoms with Gasteiger partial charge in [0.1, 0.15) is 11.6 Å². The van der Waals surface area contributed by atoms with E-state index in [0.717, 1.165) is 22.8 Å². The number of benzene rings is 1. The van der Waals surface area contributed by atoms with Crippen molar-refractivity contribution >= 4 is 31.4 Å². The Morgan fingerprint density at radius 1 is 1.00 bits per heavy atom. The van der Waals surface area contributed by atoms with Crippen molar-refractivity contribution in [3.05, 3.63) is 59.8 Å². The predicted molar refractivity (Wildman–Crippen MR) is 75.3 cm³/mol. The molecular weight excluding hydrogens is 275 g/mol. The fraction of sp³-hybridized carbons (Fsp3) is 0.167. The molecular formula is C12H11FOS3. The van der Waals surface area contributed by atoms with Gasteiger partial charge in [-0.05, 0) is 39.7 Å². The highest BCUT2D eigenvalue weighted by Gasteiger charge is 1.98. The highest BCUT2D eigenvalue weighted by atomic mass is 33.5. The Hall–Kier alpha value is -0.520. The molecule has 1 nitrogen and oxygen atoms in total. The zero-order valence-corrected chi connectivity index (χ0v) is 11.4. The van der Waals surface area contributed by atoms with Crippen LogP contribution in [-0.2, 0) is 11.5 Å². The molecule has 90 valence electrons. The molecule has 0 fully saturated rings. The van der Waals surface area contributed by atoms with Crippen LogP contribution >= 0.6 is 31.4 Å². The second-order valence-electron chi connectivity index (χ2n) is 3.30. The summed E-state index contributed by atoms with van der Waals surface area (Å²) >= 11 is 0. The zero-order chi connectivity index (χ0) is 11.9. The first-order valence-corrected chi connectivity index (χ1v) is 8.84. The van der Waals surface area contributed by atoms with Crippen molar-refractivity contribution < 1.29 is 8.81 Å². The van der Waals surface area contributed by atoms with Gasteiger partial charge >= 0.3 is 0 Å². The van der Waals surface area contributed by atoms with Crippen LogP contribution in [0.15, 0.2) is 47.1 Å². The average molecular weight is 286 g/mol. The lowest BCUT2D eigenvalue weighted by Crippen LogP contribution is -1.78. The summed E-state index contributed by atoms with van der Waals surface area (Å²) in [5, 5.41) is 0. The Balaban J connectivity index is 1.61. The largest absolute Gasteiger partial charge is 0.468 e. The molecule has 1 aromatic heterocycles. The lowest BCUT2D eigenvalue weighted by molar-refractivity contribution is 0.530. The van der Waals surface area contributed by atoms with Gasteiger partial charge in [-0.3, -0.25) is 0 Å². The highest BCUT2D eigenvalue weighted by Crippen LogP contribution is 2.38. The van der Waals surface area contributed by atoms with Crippen molar-refractivity contribution in [2.24, 2.45) is 0 Å². The van der Waals surface area contributed by atoms with Crippen molar-refractivity contribution in [1.29, 1.82) is 0 Å². The molecule has 0 spiro atoms. The highest BCUT2D eigenvalue weighted by molar-refractivity contribution is 9.09. The Labute approximate surface area is 111 Å². The number of rotatable bonds is 6. The van der Waals surface area contributed by atoms with Crippen LogP contribution in [0.2, 0.25) is 0 Å². The summed E-state index contributed by atoms with van der Waals surface area (Å²) in [6.45, 7) is 0. The summed E-state index contributed by atoms with van der Waals surface area (Å²) in [5.41, 5.74) is 1.14. The molecule has 0 amide bonds. The summed E-state index contributed by atoms with van der Waals surface area (Å²) in [4.78, 5) is 0. The van der Waals surface area contributed by atoms with Crippen molar-refractivity contribution in [2.45, 2.75) is 11.5 Å². The van der Waals surface area contributed by atoms with Crippen LogP contribution in [0.4, 0.5) is 4.39 Å². The van der Waals surface area contributed by atoms with Gasteiger partial charge in [0.05, 0.1) is 12.0 Å². The van der Waals surface area contributed by atoms with Gasteiger partial charge in [-0.2, -0.15) is 0 Å². The van der Waals surface area contributed by atoms with Gasteiger partial charge in [0, 0.05) is 5.75 Å². The smallest absolute Gasteiger partial charge is 0.123 e. The molecule has 0 aliphatic heterocycles. The summed E-state index contributed by atoms with van der Waals surface area (Å²) in [7, 11) is 5.22. The van der Waals surface area contributed by atoms with Crippen molar-refractivity contribution in [3.8, 4) is 0 Å². The van der Waals surface area contributed by atoms with E-state index in [1.165, 1.54) is 12.1 Å². The quantitative estimate of drug-likeness (QED) is 0.538. The molecule has 2 aromatic rings. The van der Waals surface area contributed by atoms with Crippen molar-refractivity contribution in [1.82, 2.24) is 0 Å². The molecule has 0 N–H and O–H groups in total. The van der Waals surface area contributed by atoms with E-state index < -0.39 is 0 Å². The minimum absolute atomic E-state index is 0.182. The standard InChI is InChI=1S/C12H11FOS3/c13-11-5-3-10(4-6-11)8-15-17-16-9-12-2-1-7-14-12/h1-7H,8-9H2. The number of furan rings is 1. The van der Waals surface area contributed by atoms with Crippen LogP contribution in [0.25, 0.3) is 0 Å². The van der Waals surface area contributed by atoms with Crippen molar-refractivity contribution in [3.63, 3.8) is 0 Å². The van der Waals surface area contributed by atoms with E-state index in [4.69, 9.17) is 4.42 Å². The molecule has 1 aromatic carbocycles. The lowest BCUT2D eigenvalue weighted by Gasteiger charge is -2.00. The molecule has 5 heteroatoms. The number of halogens is 1. The molecule has 17 heavy (non-hydrogen) atoms. The monoisotopic (exact) mass is 286 g/mol. The van der Waals surface area contributed by atoms with E-state index in [0.29, 0.717) is 0 Å². The van der Waals surface area contributed by atoms with Gasteiger partial charge in [0.15, 0.2) is 0 Å². The first-order valence-electron chi connectivity index (χ1n) is 5.02. The average Bonchev–Trinajstić information content (AvgIpc) is 2.84. The molecule has 0 atom stereocenters. The topological polar surface area (TPSA) is 13.1 Å². The third kappa shape index (κ3) is 4.69. The van der Waals surface area contributed by atoms with Crippen molar-refractivity contribution in [2.75, 3.05) is 0 Å². The third-order valence-corrected chi connectivity index (χ3v) is 6.08. The first kappa shape index (κ1) is 12.9. The zero-order valence-electron chi connectivity index (χ0n) is 8.97. The maximum atomic E-state index is 12.7. The minimum atomic E-state index is -0.182. The SMILES string of the molecule is Fc1ccc(CSSSCc2ccco2)cc1. The Morgan fingerprint density at radius 3 is 2.47 bits per heavy atom. The van der Waals surface area contributed by atoms with Gasteiger partial charge in [-0.25, -0.2) is 4.39 Å². The molecule has 0 bridgehead atoms. The van der Waals surface area contributed by atoms with E-state index in [-0.39, 0.29) is 5.82 Å². The van der Waals surface area contributed by atoms with Crippen LogP contribution in [0.5, 0.6) is 0 Å². The lowest BCUT2D eigenvalue weighted by atomic mass is 10.2. The van der Waals surface area contributed by atoms with Crippen LogP contribution in [0, 0.1) is 5.82 Å². The fourth-order valence-corrected chi connectivity index (χ4v) is 4.68.